The monoisotopic (exact) mass is 193 g/mol. The second kappa shape index (κ2) is 3.63. The number of aromatic nitrogens is 2. The Balaban J connectivity index is 2.17. The standard InChI is InChI=1S/C10H15N3O/c11-10(4-1-8(14)2-5-10)9-3-6-12-7-13-9/h3,6-8,14H,1-2,4-5,11H2. The fraction of sp³-hybridized carbons (Fsp3) is 0.600. The van der Waals surface area contributed by atoms with Gasteiger partial charge in [0, 0.05) is 6.20 Å². The first-order valence-electron chi connectivity index (χ1n) is 4.94. The number of nitrogens with two attached hydrogens (primary N) is 1. The molecule has 1 aliphatic carbocycles. The maximum absolute atomic E-state index is 9.40. The lowest BCUT2D eigenvalue weighted by Gasteiger charge is -2.34. The van der Waals surface area contributed by atoms with E-state index in [4.69, 9.17) is 5.73 Å². The zero-order chi connectivity index (χ0) is 10.0. The molecule has 2 rings (SSSR count). The van der Waals surface area contributed by atoms with Crippen molar-refractivity contribution in [3.63, 3.8) is 0 Å². The minimum atomic E-state index is -0.359. The summed E-state index contributed by atoms with van der Waals surface area (Å²) in [7, 11) is 0. The zero-order valence-corrected chi connectivity index (χ0v) is 8.06. The van der Waals surface area contributed by atoms with E-state index in [1.165, 1.54) is 6.33 Å². The molecule has 0 spiro atoms. The van der Waals surface area contributed by atoms with Crippen LogP contribution in [0, 0.1) is 0 Å². The maximum atomic E-state index is 9.40. The van der Waals surface area contributed by atoms with Crippen molar-refractivity contribution in [3.8, 4) is 0 Å². The summed E-state index contributed by atoms with van der Waals surface area (Å²) >= 11 is 0. The number of rotatable bonds is 1. The van der Waals surface area contributed by atoms with Crippen molar-refractivity contribution in [1.82, 2.24) is 9.97 Å². The van der Waals surface area contributed by atoms with Crippen LogP contribution in [0.2, 0.25) is 0 Å². The van der Waals surface area contributed by atoms with Gasteiger partial charge in [0.25, 0.3) is 0 Å². The second-order valence-corrected chi connectivity index (χ2v) is 3.98. The van der Waals surface area contributed by atoms with Gasteiger partial charge >= 0.3 is 0 Å². The smallest absolute Gasteiger partial charge is 0.115 e. The van der Waals surface area contributed by atoms with E-state index in [0.29, 0.717) is 0 Å². The summed E-state index contributed by atoms with van der Waals surface area (Å²) in [6.07, 6.45) is 6.17. The Labute approximate surface area is 83.2 Å². The van der Waals surface area contributed by atoms with Crippen molar-refractivity contribution < 1.29 is 5.11 Å². The molecule has 0 unspecified atom stereocenters. The Hall–Kier alpha value is -1.00. The molecule has 0 saturated heterocycles. The SMILES string of the molecule is NC1(c2ccncn2)CCC(O)CC1. The molecule has 4 nitrogen and oxygen atoms in total. The third-order valence-electron chi connectivity index (χ3n) is 2.94. The van der Waals surface area contributed by atoms with Crippen LogP contribution in [-0.4, -0.2) is 21.2 Å². The zero-order valence-electron chi connectivity index (χ0n) is 8.06. The average molecular weight is 193 g/mol. The van der Waals surface area contributed by atoms with Gasteiger partial charge in [-0.05, 0) is 31.7 Å². The predicted octanol–water partition coefficient (Wildman–Crippen LogP) is 0.566. The molecular formula is C10H15N3O. The first kappa shape index (κ1) is 9.55. The molecule has 1 aliphatic rings. The van der Waals surface area contributed by atoms with E-state index in [1.807, 2.05) is 6.07 Å². The number of hydrogen-bond acceptors (Lipinski definition) is 4. The van der Waals surface area contributed by atoms with E-state index < -0.39 is 0 Å². The summed E-state index contributed by atoms with van der Waals surface area (Å²) in [6, 6.07) is 1.86. The molecule has 4 heteroatoms. The molecule has 1 saturated carbocycles. The Bertz CT molecular complexity index is 293. The Morgan fingerprint density at radius 1 is 1.43 bits per heavy atom. The summed E-state index contributed by atoms with van der Waals surface area (Å²) in [5, 5.41) is 9.40. The van der Waals surface area contributed by atoms with E-state index >= 15 is 0 Å². The van der Waals surface area contributed by atoms with Crippen LogP contribution in [0.5, 0.6) is 0 Å². The lowest BCUT2D eigenvalue weighted by atomic mass is 9.79. The first-order chi connectivity index (χ1) is 6.71. The molecule has 3 N–H and O–H groups in total. The Morgan fingerprint density at radius 3 is 2.71 bits per heavy atom. The van der Waals surface area contributed by atoms with Crippen LogP contribution >= 0.6 is 0 Å². The first-order valence-corrected chi connectivity index (χ1v) is 4.94. The van der Waals surface area contributed by atoms with Crippen LogP contribution < -0.4 is 5.73 Å². The molecule has 0 aromatic carbocycles. The normalized spacial score (nSPS) is 32.9. The van der Waals surface area contributed by atoms with Gasteiger partial charge in [-0.25, -0.2) is 9.97 Å². The molecule has 14 heavy (non-hydrogen) atoms. The molecule has 1 fully saturated rings. The van der Waals surface area contributed by atoms with Gasteiger partial charge < -0.3 is 10.8 Å². The van der Waals surface area contributed by atoms with Crippen molar-refractivity contribution in [1.29, 1.82) is 0 Å². The van der Waals surface area contributed by atoms with Gasteiger partial charge in [-0.2, -0.15) is 0 Å². The molecule has 1 aromatic heterocycles. The number of hydrogen-bond donors (Lipinski definition) is 2. The average Bonchev–Trinajstić information content (AvgIpc) is 2.24. The van der Waals surface area contributed by atoms with Gasteiger partial charge in [0.05, 0.1) is 17.3 Å². The summed E-state index contributed by atoms with van der Waals surface area (Å²) in [5.41, 5.74) is 6.77. The molecule has 0 amide bonds. The molecule has 1 heterocycles. The van der Waals surface area contributed by atoms with Crippen LogP contribution in [0.3, 0.4) is 0 Å². The van der Waals surface area contributed by atoms with Gasteiger partial charge in [-0.15, -0.1) is 0 Å². The van der Waals surface area contributed by atoms with E-state index in [9.17, 15) is 5.11 Å². The summed E-state index contributed by atoms with van der Waals surface area (Å²) in [4.78, 5) is 8.05. The van der Waals surface area contributed by atoms with Crippen molar-refractivity contribution in [2.24, 2.45) is 5.73 Å². The summed E-state index contributed by atoms with van der Waals surface area (Å²) < 4.78 is 0. The van der Waals surface area contributed by atoms with E-state index in [0.717, 1.165) is 31.4 Å². The molecular weight excluding hydrogens is 178 g/mol. The molecule has 0 bridgehead atoms. The number of aliphatic hydroxyl groups excluding tert-OH is 1. The number of aliphatic hydroxyl groups is 1. The number of nitrogens with zero attached hydrogens (tertiary/aromatic N) is 2. The van der Waals surface area contributed by atoms with Gasteiger partial charge in [0.1, 0.15) is 6.33 Å². The van der Waals surface area contributed by atoms with Crippen LogP contribution in [0.4, 0.5) is 0 Å². The van der Waals surface area contributed by atoms with E-state index in [-0.39, 0.29) is 11.6 Å². The van der Waals surface area contributed by atoms with Crippen molar-refractivity contribution in [2.75, 3.05) is 0 Å². The topological polar surface area (TPSA) is 72.0 Å². The molecule has 0 radical (unpaired) electrons. The fourth-order valence-corrected chi connectivity index (χ4v) is 1.96. The van der Waals surface area contributed by atoms with Crippen molar-refractivity contribution in [3.05, 3.63) is 24.3 Å². The van der Waals surface area contributed by atoms with Gasteiger partial charge in [-0.1, -0.05) is 0 Å². The van der Waals surface area contributed by atoms with E-state index in [1.54, 1.807) is 6.20 Å². The summed E-state index contributed by atoms with van der Waals surface area (Å²) in [6.45, 7) is 0. The minimum absolute atomic E-state index is 0.187. The Kier molecular flexibility index (Phi) is 2.48. The van der Waals surface area contributed by atoms with E-state index in [2.05, 4.69) is 9.97 Å². The molecule has 0 aliphatic heterocycles. The van der Waals surface area contributed by atoms with Crippen LogP contribution in [0.1, 0.15) is 31.4 Å². The van der Waals surface area contributed by atoms with Crippen LogP contribution in [-0.2, 0) is 5.54 Å². The Morgan fingerprint density at radius 2 is 2.14 bits per heavy atom. The predicted molar refractivity (Wildman–Crippen MR) is 52.4 cm³/mol. The van der Waals surface area contributed by atoms with Gasteiger partial charge in [0.2, 0.25) is 0 Å². The molecule has 76 valence electrons. The highest BCUT2D eigenvalue weighted by Crippen LogP contribution is 2.33. The highest BCUT2D eigenvalue weighted by Gasteiger charge is 2.33. The van der Waals surface area contributed by atoms with Crippen LogP contribution in [0.15, 0.2) is 18.6 Å². The van der Waals surface area contributed by atoms with Crippen molar-refractivity contribution >= 4 is 0 Å². The minimum Gasteiger partial charge on any atom is -0.393 e. The highest BCUT2D eigenvalue weighted by molar-refractivity contribution is 5.13. The fourth-order valence-electron chi connectivity index (χ4n) is 1.96. The lowest BCUT2D eigenvalue weighted by Crippen LogP contribution is -2.42. The second-order valence-electron chi connectivity index (χ2n) is 3.98. The highest BCUT2D eigenvalue weighted by atomic mass is 16.3. The quantitative estimate of drug-likeness (QED) is 0.683. The third kappa shape index (κ3) is 1.76. The molecule has 0 atom stereocenters. The van der Waals surface area contributed by atoms with Gasteiger partial charge in [0.15, 0.2) is 0 Å². The third-order valence-corrected chi connectivity index (χ3v) is 2.94. The van der Waals surface area contributed by atoms with Crippen molar-refractivity contribution in [2.45, 2.75) is 37.3 Å². The maximum Gasteiger partial charge on any atom is 0.115 e. The van der Waals surface area contributed by atoms with Gasteiger partial charge in [-0.3, -0.25) is 0 Å². The summed E-state index contributed by atoms with van der Waals surface area (Å²) in [5.74, 6) is 0. The largest absolute Gasteiger partial charge is 0.393 e. The molecule has 1 aromatic rings. The lowest BCUT2D eigenvalue weighted by molar-refractivity contribution is 0.0956. The van der Waals surface area contributed by atoms with Crippen LogP contribution in [0.25, 0.3) is 0 Å².